The standard InChI is InChI=1S/C25H30ClN7O2S/c1-16(2)36-25-29-22(31-10-3-4-11-31)20-14-28-33(23(20)30-25)12-9-27-24(35)17-13-21(34)32(15-17)19-7-5-18(26)6-8-19/h5-8,14,16-17H,3-4,9-13,15H2,1-2H3,(H,27,35). The number of aromatic nitrogens is 4. The molecule has 9 nitrogen and oxygen atoms in total. The van der Waals surface area contributed by atoms with E-state index in [4.69, 9.17) is 21.6 Å². The summed E-state index contributed by atoms with van der Waals surface area (Å²) in [6.07, 6.45) is 4.35. The van der Waals surface area contributed by atoms with E-state index in [1.807, 2.05) is 10.9 Å². The van der Waals surface area contributed by atoms with Gasteiger partial charge >= 0.3 is 0 Å². The molecule has 0 bridgehead atoms. The molecule has 2 saturated heterocycles. The quantitative estimate of drug-likeness (QED) is 0.352. The van der Waals surface area contributed by atoms with Gasteiger partial charge in [-0.25, -0.2) is 14.6 Å². The van der Waals surface area contributed by atoms with Crippen molar-refractivity contribution in [1.29, 1.82) is 0 Å². The van der Waals surface area contributed by atoms with Gasteiger partial charge in [0.25, 0.3) is 0 Å². The predicted molar refractivity (Wildman–Crippen MR) is 143 cm³/mol. The van der Waals surface area contributed by atoms with E-state index in [2.05, 4.69) is 29.2 Å². The summed E-state index contributed by atoms with van der Waals surface area (Å²) >= 11 is 7.60. The maximum absolute atomic E-state index is 12.8. The highest BCUT2D eigenvalue weighted by Crippen LogP contribution is 2.31. The van der Waals surface area contributed by atoms with Crippen LogP contribution in [-0.2, 0) is 16.1 Å². The molecule has 1 atom stereocenters. The van der Waals surface area contributed by atoms with Crippen molar-refractivity contribution in [2.75, 3.05) is 36.0 Å². The first-order valence-corrected chi connectivity index (χ1v) is 13.6. The first-order valence-electron chi connectivity index (χ1n) is 12.4. The van der Waals surface area contributed by atoms with Crippen LogP contribution in [0, 0.1) is 5.92 Å². The molecule has 190 valence electrons. The summed E-state index contributed by atoms with van der Waals surface area (Å²) in [5.74, 6) is 0.375. The lowest BCUT2D eigenvalue weighted by atomic mass is 10.1. The summed E-state index contributed by atoms with van der Waals surface area (Å²) in [7, 11) is 0. The highest BCUT2D eigenvalue weighted by atomic mass is 35.5. The van der Waals surface area contributed by atoms with Crippen LogP contribution in [0.3, 0.4) is 0 Å². The number of benzene rings is 1. The predicted octanol–water partition coefficient (Wildman–Crippen LogP) is 3.75. The minimum atomic E-state index is -0.388. The van der Waals surface area contributed by atoms with Gasteiger partial charge in [-0.3, -0.25) is 9.59 Å². The Balaban J connectivity index is 1.25. The fraction of sp³-hybridized carbons (Fsp3) is 0.480. The second kappa shape index (κ2) is 10.6. The van der Waals surface area contributed by atoms with Crippen molar-refractivity contribution in [2.45, 2.75) is 50.1 Å². The lowest BCUT2D eigenvalue weighted by Gasteiger charge is -2.18. The third-order valence-electron chi connectivity index (χ3n) is 6.46. The molecular weight excluding hydrogens is 498 g/mol. The van der Waals surface area contributed by atoms with E-state index in [0.29, 0.717) is 29.9 Å². The number of nitrogens with one attached hydrogen (secondary N) is 1. The molecule has 1 unspecified atom stereocenters. The second-order valence-electron chi connectivity index (χ2n) is 9.47. The first-order chi connectivity index (χ1) is 17.4. The van der Waals surface area contributed by atoms with Crippen LogP contribution in [-0.4, -0.2) is 63.0 Å². The number of hydrogen-bond acceptors (Lipinski definition) is 7. The highest BCUT2D eigenvalue weighted by Gasteiger charge is 2.35. The molecular formula is C25H30ClN7O2S. The van der Waals surface area contributed by atoms with Gasteiger partial charge in [-0.2, -0.15) is 5.10 Å². The topological polar surface area (TPSA) is 96.2 Å². The van der Waals surface area contributed by atoms with Crippen molar-refractivity contribution in [2.24, 2.45) is 5.92 Å². The van der Waals surface area contributed by atoms with Gasteiger partial charge in [-0.05, 0) is 37.1 Å². The average Bonchev–Trinajstić information content (AvgIpc) is 3.59. The van der Waals surface area contributed by atoms with Gasteiger partial charge in [0.1, 0.15) is 5.82 Å². The van der Waals surface area contributed by atoms with Crippen molar-refractivity contribution < 1.29 is 9.59 Å². The third kappa shape index (κ3) is 5.29. The Morgan fingerprint density at radius 2 is 1.94 bits per heavy atom. The lowest BCUT2D eigenvalue weighted by Crippen LogP contribution is -2.35. The van der Waals surface area contributed by atoms with Gasteiger partial charge in [-0.15, -0.1) is 0 Å². The Bertz CT molecular complexity index is 1260. The highest BCUT2D eigenvalue weighted by molar-refractivity contribution is 7.99. The van der Waals surface area contributed by atoms with Crippen LogP contribution >= 0.6 is 23.4 Å². The van der Waals surface area contributed by atoms with Crippen molar-refractivity contribution in [3.8, 4) is 0 Å². The van der Waals surface area contributed by atoms with E-state index in [1.54, 1.807) is 40.9 Å². The molecule has 2 fully saturated rings. The van der Waals surface area contributed by atoms with E-state index >= 15 is 0 Å². The molecule has 1 N–H and O–H groups in total. The maximum atomic E-state index is 12.8. The monoisotopic (exact) mass is 527 g/mol. The third-order valence-corrected chi connectivity index (χ3v) is 7.58. The van der Waals surface area contributed by atoms with Gasteiger partial charge in [0.2, 0.25) is 11.8 Å². The van der Waals surface area contributed by atoms with E-state index in [1.165, 1.54) is 0 Å². The zero-order valence-electron chi connectivity index (χ0n) is 20.5. The maximum Gasteiger partial charge on any atom is 0.227 e. The summed E-state index contributed by atoms with van der Waals surface area (Å²) in [6, 6.07) is 7.09. The van der Waals surface area contributed by atoms with Gasteiger partial charge in [0, 0.05) is 48.6 Å². The van der Waals surface area contributed by atoms with Crippen molar-refractivity contribution in [3.05, 3.63) is 35.5 Å². The SMILES string of the molecule is CC(C)Sc1nc(N2CCCC2)c2cnn(CCNC(=O)C3CC(=O)N(c4ccc(Cl)cc4)C3)c2n1. The summed E-state index contributed by atoms with van der Waals surface area (Å²) in [5.41, 5.74) is 1.54. The van der Waals surface area contributed by atoms with Crippen molar-refractivity contribution in [1.82, 2.24) is 25.1 Å². The summed E-state index contributed by atoms with van der Waals surface area (Å²) in [6.45, 7) is 7.48. The minimum absolute atomic E-state index is 0.0585. The number of hydrogen-bond donors (Lipinski definition) is 1. The number of rotatable bonds is 8. The smallest absolute Gasteiger partial charge is 0.227 e. The minimum Gasteiger partial charge on any atom is -0.356 e. The fourth-order valence-corrected chi connectivity index (χ4v) is 5.53. The fourth-order valence-electron chi connectivity index (χ4n) is 4.70. The summed E-state index contributed by atoms with van der Waals surface area (Å²) in [5, 5.41) is 10.2. The molecule has 0 spiro atoms. The molecule has 0 saturated carbocycles. The van der Waals surface area contributed by atoms with Crippen LogP contribution in [0.2, 0.25) is 5.02 Å². The molecule has 2 aromatic heterocycles. The molecule has 5 rings (SSSR count). The molecule has 1 aromatic carbocycles. The van der Waals surface area contributed by atoms with Gasteiger partial charge in [-0.1, -0.05) is 37.2 Å². The number of thioether (sulfide) groups is 1. The number of carbonyl (C=O) groups is 2. The van der Waals surface area contributed by atoms with E-state index in [0.717, 1.165) is 53.6 Å². The molecule has 2 amide bonds. The van der Waals surface area contributed by atoms with E-state index in [9.17, 15) is 9.59 Å². The Kier molecular flexibility index (Phi) is 7.34. The number of halogens is 1. The molecule has 0 aliphatic carbocycles. The largest absolute Gasteiger partial charge is 0.356 e. The van der Waals surface area contributed by atoms with Gasteiger partial charge in [0.05, 0.1) is 24.0 Å². The molecule has 0 radical (unpaired) electrons. The first kappa shape index (κ1) is 24.8. The Morgan fingerprint density at radius 1 is 1.19 bits per heavy atom. The number of fused-ring (bicyclic) bond motifs is 1. The summed E-state index contributed by atoms with van der Waals surface area (Å²) in [4.78, 5) is 39.0. The molecule has 4 heterocycles. The molecule has 2 aliphatic rings. The Hall–Kier alpha value is -2.85. The Morgan fingerprint density at radius 3 is 2.67 bits per heavy atom. The van der Waals surface area contributed by atoms with Crippen LogP contribution in [0.25, 0.3) is 11.0 Å². The van der Waals surface area contributed by atoms with Crippen molar-refractivity contribution >= 4 is 57.7 Å². The molecule has 36 heavy (non-hydrogen) atoms. The Labute approximate surface area is 219 Å². The van der Waals surface area contributed by atoms with Crippen LogP contribution < -0.4 is 15.1 Å². The van der Waals surface area contributed by atoms with Crippen LogP contribution in [0.1, 0.15) is 33.1 Å². The number of amides is 2. The van der Waals surface area contributed by atoms with Gasteiger partial charge < -0.3 is 15.1 Å². The number of nitrogens with zero attached hydrogens (tertiary/aromatic N) is 6. The zero-order valence-corrected chi connectivity index (χ0v) is 22.1. The number of carbonyl (C=O) groups excluding carboxylic acids is 2. The van der Waals surface area contributed by atoms with Crippen LogP contribution in [0.15, 0.2) is 35.6 Å². The molecule has 2 aliphatic heterocycles. The summed E-state index contributed by atoms with van der Waals surface area (Å²) < 4.78 is 1.83. The molecule has 3 aromatic rings. The lowest BCUT2D eigenvalue weighted by molar-refractivity contribution is -0.126. The second-order valence-corrected chi connectivity index (χ2v) is 11.4. The normalized spacial score (nSPS) is 18.1. The van der Waals surface area contributed by atoms with E-state index in [-0.39, 0.29) is 24.2 Å². The van der Waals surface area contributed by atoms with Crippen LogP contribution in [0.4, 0.5) is 11.5 Å². The molecule has 11 heteroatoms. The van der Waals surface area contributed by atoms with Crippen molar-refractivity contribution in [3.63, 3.8) is 0 Å². The average molecular weight is 528 g/mol. The van der Waals surface area contributed by atoms with Gasteiger partial charge in [0.15, 0.2) is 10.8 Å². The number of anilines is 2. The van der Waals surface area contributed by atoms with Crippen LogP contribution in [0.5, 0.6) is 0 Å². The van der Waals surface area contributed by atoms with E-state index < -0.39 is 0 Å². The zero-order chi connectivity index (χ0) is 25.2.